The van der Waals surface area contributed by atoms with Crippen molar-refractivity contribution < 1.29 is 0 Å². The highest BCUT2D eigenvalue weighted by molar-refractivity contribution is 6.36. The Labute approximate surface area is 135 Å². The first kappa shape index (κ1) is 14.0. The second kappa shape index (κ2) is 5.53. The molecular weight excluding hydrogens is 282 g/mol. The number of benzene rings is 2. The van der Waals surface area contributed by atoms with E-state index < -0.39 is 0 Å². The quantitative estimate of drug-likeness (QED) is 0.787. The summed E-state index contributed by atoms with van der Waals surface area (Å²) in [6, 6.07) is 15.9. The molecule has 1 atom stereocenters. The Morgan fingerprint density at radius 2 is 1.73 bits per heavy atom. The molecule has 0 spiro atoms. The standard InChI is InChI=1S/C20H23NSi/c1-21(2)22-20-13-17(14-7-4-3-5-8-14)18-11-15-9-6-10-16(15)12-19(18)20/h3-5,7-8,11-13,20H,6,9-10,22H2,1-2H3. The number of nitrogens with zero attached hydrogens (tertiary/aromatic N) is 1. The van der Waals surface area contributed by atoms with Crippen molar-refractivity contribution >= 4 is 15.3 Å². The summed E-state index contributed by atoms with van der Waals surface area (Å²) in [7, 11) is 4.18. The maximum Gasteiger partial charge on any atom is 0.106 e. The highest BCUT2D eigenvalue weighted by Crippen LogP contribution is 2.42. The van der Waals surface area contributed by atoms with Crippen LogP contribution in [0.4, 0.5) is 0 Å². The first-order valence-corrected chi connectivity index (χ1v) is 9.75. The fourth-order valence-electron chi connectivity index (χ4n) is 3.98. The van der Waals surface area contributed by atoms with Gasteiger partial charge in [0.05, 0.1) is 0 Å². The van der Waals surface area contributed by atoms with Gasteiger partial charge in [0.2, 0.25) is 0 Å². The minimum atomic E-state index is -0.281. The third-order valence-electron chi connectivity index (χ3n) is 4.97. The molecule has 2 aliphatic rings. The van der Waals surface area contributed by atoms with Crippen LogP contribution < -0.4 is 0 Å². The topological polar surface area (TPSA) is 3.24 Å². The van der Waals surface area contributed by atoms with E-state index in [9.17, 15) is 0 Å². The molecular formula is C20H23NSi. The number of fused-ring (bicyclic) bond motifs is 2. The molecule has 2 heteroatoms. The zero-order chi connectivity index (χ0) is 15.1. The van der Waals surface area contributed by atoms with Crippen LogP contribution in [-0.4, -0.2) is 28.3 Å². The minimum absolute atomic E-state index is 0.281. The number of hydrogen-bond acceptors (Lipinski definition) is 1. The Hall–Kier alpha value is -1.64. The van der Waals surface area contributed by atoms with E-state index in [4.69, 9.17) is 0 Å². The lowest BCUT2D eigenvalue weighted by Gasteiger charge is -2.16. The molecule has 0 bridgehead atoms. The van der Waals surface area contributed by atoms with Crippen LogP contribution in [0.25, 0.3) is 5.57 Å². The molecule has 0 amide bonds. The highest BCUT2D eigenvalue weighted by Gasteiger charge is 2.27. The van der Waals surface area contributed by atoms with Gasteiger partial charge >= 0.3 is 0 Å². The van der Waals surface area contributed by atoms with Crippen LogP contribution in [-0.2, 0) is 12.8 Å². The van der Waals surface area contributed by atoms with Crippen molar-refractivity contribution in [3.8, 4) is 0 Å². The number of hydrogen-bond donors (Lipinski definition) is 0. The van der Waals surface area contributed by atoms with Crippen LogP contribution in [0.2, 0.25) is 0 Å². The average molecular weight is 305 g/mol. The monoisotopic (exact) mass is 305 g/mol. The first-order chi connectivity index (χ1) is 10.7. The van der Waals surface area contributed by atoms with Gasteiger partial charge < -0.3 is 4.57 Å². The minimum Gasteiger partial charge on any atom is -0.334 e. The normalized spacial score (nSPS) is 19.8. The molecule has 0 heterocycles. The number of aryl methyl sites for hydroxylation is 2. The molecule has 0 saturated heterocycles. The van der Waals surface area contributed by atoms with Crippen LogP contribution in [0.15, 0.2) is 48.5 Å². The van der Waals surface area contributed by atoms with Gasteiger partial charge in [-0.2, -0.15) is 0 Å². The second-order valence-electron chi connectivity index (χ2n) is 6.88. The van der Waals surface area contributed by atoms with E-state index in [0.29, 0.717) is 5.54 Å². The molecule has 0 fully saturated rings. The molecule has 2 aromatic rings. The molecule has 0 aromatic heterocycles. The molecule has 2 aromatic carbocycles. The third-order valence-corrected chi connectivity index (χ3v) is 6.77. The maximum atomic E-state index is 2.54. The van der Waals surface area contributed by atoms with Gasteiger partial charge in [0.15, 0.2) is 0 Å². The van der Waals surface area contributed by atoms with Crippen molar-refractivity contribution in [3.05, 3.63) is 76.4 Å². The summed E-state index contributed by atoms with van der Waals surface area (Å²) in [4.78, 5) is 0. The van der Waals surface area contributed by atoms with Gasteiger partial charge in [-0.3, -0.25) is 0 Å². The Kier molecular flexibility index (Phi) is 3.51. The number of allylic oxidation sites excluding steroid dienone is 1. The molecule has 0 saturated carbocycles. The molecule has 0 aliphatic heterocycles. The maximum absolute atomic E-state index is 2.54. The van der Waals surface area contributed by atoms with E-state index in [1.165, 1.54) is 36.0 Å². The van der Waals surface area contributed by atoms with E-state index in [-0.39, 0.29) is 9.68 Å². The predicted molar refractivity (Wildman–Crippen MR) is 97.0 cm³/mol. The van der Waals surface area contributed by atoms with Crippen LogP contribution in [0, 0.1) is 0 Å². The van der Waals surface area contributed by atoms with E-state index in [1.54, 1.807) is 16.7 Å². The van der Waals surface area contributed by atoms with Crippen molar-refractivity contribution in [2.24, 2.45) is 0 Å². The zero-order valence-electron chi connectivity index (χ0n) is 13.5. The summed E-state index contributed by atoms with van der Waals surface area (Å²) in [6.07, 6.45) is 6.42. The highest BCUT2D eigenvalue weighted by atomic mass is 28.2. The van der Waals surface area contributed by atoms with Crippen molar-refractivity contribution in [1.29, 1.82) is 0 Å². The van der Waals surface area contributed by atoms with Crippen LogP contribution in [0.5, 0.6) is 0 Å². The third kappa shape index (κ3) is 2.36. The van der Waals surface area contributed by atoms with Gasteiger partial charge in [-0.05, 0) is 66.7 Å². The first-order valence-electron chi connectivity index (χ1n) is 8.30. The Balaban J connectivity index is 1.84. The fourth-order valence-corrected chi connectivity index (χ4v) is 5.64. The van der Waals surface area contributed by atoms with Crippen LogP contribution in [0.3, 0.4) is 0 Å². The Bertz CT molecular complexity index is 731. The molecule has 22 heavy (non-hydrogen) atoms. The van der Waals surface area contributed by atoms with Crippen LogP contribution in [0.1, 0.15) is 39.8 Å². The van der Waals surface area contributed by atoms with E-state index >= 15 is 0 Å². The summed E-state index contributed by atoms with van der Waals surface area (Å²) in [5, 5.41) is 0. The average Bonchev–Trinajstić information content (AvgIpc) is 3.10. The van der Waals surface area contributed by atoms with Crippen molar-refractivity contribution in [3.63, 3.8) is 0 Å². The SMILES string of the molecule is CN(C)[SiH2]C1C=C(c2ccccc2)c2cc3c(cc21)CCC3. The predicted octanol–water partition coefficient (Wildman–Crippen LogP) is 3.31. The molecule has 2 aliphatic carbocycles. The second-order valence-corrected chi connectivity index (χ2v) is 9.39. The van der Waals surface area contributed by atoms with E-state index in [1.807, 2.05) is 0 Å². The molecule has 112 valence electrons. The lowest BCUT2D eigenvalue weighted by molar-refractivity contribution is 0.652. The fraction of sp³-hybridized carbons (Fsp3) is 0.300. The molecule has 1 nitrogen and oxygen atoms in total. The van der Waals surface area contributed by atoms with Crippen molar-refractivity contribution in [2.45, 2.75) is 24.8 Å². The molecule has 1 unspecified atom stereocenters. The van der Waals surface area contributed by atoms with Gasteiger partial charge in [-0.15, -0.1) is 0 Å². The van der Waals surface area contributed by atoms with Gasteiger partial charge in [-0.1, -0.05) is 48.5 Å². The van der Waals surface area contributed by atoms with E-state index in [0.717, 1.165) is 0 Å². The van der Waals surface area contributed by atoms with Crippen LogP contribution >= 0.6 is 0 Å². The lowest BCUT2D eigenvalue weighted by atomic mass is 9.95. The number of rotatable bonds is 3. The van der Waals surface area contributed by atoms with E-state index in [2.05, 4.69) is 67.2 Å². The van der Waals surface area contributed by atoms with Crippen molar-refractivity contribution in [1.82, 2.24) is 4.57 Å². The summed E-state index contributed by atoms with van der Waals surface area (Å²) in [6.45, 7) is 0. The Morgan fingerprint density at radius 1 is 1.00 bits per heavy atom. The largest absolute Gasteiger partial charge is 0.334 e. The van der Waals surface area contributed by atoms with Gasteiger partial charge in [0.1, 0.15) is 9.68 Å². The summed E-state index contributed by atoms with van der Waals surface area (Å²) in [5.41, 5.74) is 9.80. The molecule has 4 rings (SSSR count). The van der Waals surface area contributed by atoms with Gasteiger partial charge in [0.25, 0.3) is 0 Å². The van der Waals surface area contributed by atoms with Gasteiger partial charge in [-0.25, -0.2) is 0 Å². The zero-order valence-corrected chi connectivity index (χ0v) is 14.9. The summed E-state index contributed by atoms with van der Waals surface area (Å²) < 4.78 is 2.44. The smallest absolute Gasteiger partial charge is 0.106 e. The lowest BCUT2D eigenvalue weighted by Crippen LogP contribution is -2.22. The van der Waals surface area contributed by atoms with Crippen molar-refractivity contribution in [2.75, 3.05) is 14.1 Å². The Morgan fingerprint density at radius 3 is 2.45 bits per heavy atom. The molecule has 0 radical (unpaired) electrons. The summed E-state index contributed by atoms with van der Waals surface area (Å²) >= 11 is 0. The summed E-state index contributed by atoms with van der Waals surface area (Å²) in [5.74, 6) is 0. The van der Waals surface area contributed by atoms with Gasteiger partial charge in [0, 0.05) is 5.54 Å². The molecule has 0 N–H and O–H groups in total.